The Kier molecular flexibility index (Phi) is 1.97. The highest BCUT2D eigenvalue weighted by Gasteiger charge is 2.78. The number of ether oxygens (including phenoxy) is 2. The molecule has 2 aliphatic heterocycles. The maximum Gasteiger partial charge on any atom is 0.166 e. The van der Waals surface area contributed by atoms with E-state index in [1.807, 2.05) is 0 Å². The number of fused-ring (bicyclic) bond motifs is 5. The van der Waals surface area contributed by atoms with Crippen molar-refractivity contribution in [1.29, 1.82) is 0 Å². The predicted molar refractivity (Wildman–Crippen MR) is 60.3 cm³/mol. The number of hydrogen-bond acceptors (Lipinski definition) is 5. The quantitative estimate of drug-likeness (QED) is 0.756. The van der Waals surface area contributed by atoms with Gasteiger partial charge in [0.25, 0.3) is 0 Å². The Morgan fingerprint density at radius 2 is 1.59 bits per heavy atom. The number of azo groups is 1. The molecule has 1 saturated heterocycles. The second-order valence-electron chi connectivity index (χ2n) is 6.30. The first kappa shape index (κ1) is 11.6. The van der Waals surface area contributed by atoms with E-state index in [2.05, 4.69) is 37.9 Å². The lowest BCUT2D eigenvalue weighted by Gasteiger charge is -2.38. The van der Waals surface area contributed by atoms with Crippen LogP contribution in [0.5, 0.6) is 0 Å². The van der Waals surface area contributed by atoms with Crippen molar-refractivity contribution in [1.82, 2.24) is 0 Å². The standard InChI is InChI=1S/C12H20N2O3/c1-10(2)11(3)6-7(12(10,4)14-13-11)9(16-5)17-8(6)15/h6-9,15H,1-5H3/t6-,7+,8-,9+,11+,12-/m0/s1. The molecule has 3 rings (SSSR count). The van der Waals surface area contributed by atoms with Crippen molar-refractivity contribution >= 4 is 0 Å². The molecule has 0 aromatic rings. The fraction of sp³-hybridized carbons (Fsp3) is 1.00. The summed E-state index contributed by atoms with van der Waals surface area (Å²) >= 11 is 0. The van der Waals surface area contributed by atoms with Gasteiger partial charge in [-0.3, -0.25) is 0 Å². The van der Waals surface area contributed by atoms with Crippen LogP contribution in [0.1, 0.15) is 27.7 Å². The molecule has 0 radical (unpaired) electrons. The fourth-order valence-electron chi connectivity index (χ4n) is 4.03. The van der Waals surface area contributed by atoms with E-state index in [9.17, 15) is 5.11 Å². The molecule has 96 valence electrons. The topological polar surface area (TPSA) is 63.4 Å². The molecule has 0 amide bonds. The van der Waals surface area contributed by atoms with E-state index in [0.717, 1.165) is 0 Å². The number of aliphatic hydroxyl groups is 1. The second kappa shape index (κ2) is 2.90. The van der Waals surface area contributed by atoms with E-state index in [-0.39, 0.29) is 34.6 Å². The predicted octanol–water partition coefficient (Wildman–Crippen LogP) is 1.56. The molecule has 2 fully saturated rings. The zero-order valence-electron chi connectivity index (χ0n) is 11.0. The van der Waals surface area contributed by atoms with Crippen LogP contribution in [-0.2, 0) is 9.47 Å². The minimum atomic E-state index is -0.810. The number of rotatable bonds is 1. The Bertz CT molecular complexity index is 397. The largest absolute Gasteiger partial charge is 0.367 e. The lowest BCUT2D eigenvalue weighted by Crippen LogP contribution is -2.47. The third-order valence-electron chi connectivity index (χ3n) is 5.79. The Hall–Kier alpha value is -0.520. The number of nitrogens with zero attached hydrogens (tertiary/aromatic N) is 2. The average molecular weight is 240 g/mol. The average Bonchev–Trinajstić information content (AvgIpc) is 2.74. The van der Waals surface area contributed by atoms with Crippen LogP contribution < -0.4 is 0 Å². The summed E-state index contributed by atoms with van der Waals surface area (Å²) in [6, 6.07) is 0. The molecule has 2 bridgehead atoms. The van der Waals surface area contributed by atoms with E-state index >= 15 is 0 Å². The molecule has 5 heteroatoms. The molecule has 1 saturated carbocycles. The molecular weight excluding hydrogens is 220 g/mol. The van der Waals surface area contributed by atoms with Gasteiger partial charge in [-0.1, -0.05) is 13.8 Å². The number of hydrogen-bond donors (Lipinski definition) is 1. The van der Waals surface area contributed by atoms with Crippen molar-refractivity contribution in [3.05, 3.63) is 0 Å². The van der Waals surface area contributed by atoms with Crippen LogP contribution in [0, 0.1) is 17.3 Å². The molecule has 2 heterocycles. The zero-order valence-corrected chi connectivity index (χ0v) is 11.0. The summed E-state index contributed by atoms with van der Waals surface area (Å²) in [6.07, 6.45) is -1.20. The van der Waals surface area contributed by atoms with Crippen LogP contribution in [0.2, 0.25) is 0 Å². The summed E-state index contributed by atoms with van der Waals surface area (Å²) in [5, 5.41) is 19.1. The van der Waals surface area contributed by atoms with Crippen molar-refractivity contribution in [2.45, 2.75) is 51.4 Å². The molecule has 0 spiro atoms. The van der Waals surface area contributed by atoms with Crippen LogP contribution in [0.15, 0.2) is 10.2 Å². The molecule has 3 aliphatic rings. The molecule has 6 atom stereocenters. The maximum absolute atomic E-state index is 10.1. The number of aliphatic hydroxyl groups excluding tert-OH is 1. The minimum Gasteiger partial charge on any atom is -0.367 e. The smallest absolute Gasteiger partial charge is 0.166 e. The van der Waals surface area contributed by atoms with Gasteiger partial charge < -0.3 is 14.6 Å². The lowest BCUT2D eigenvalue weighted by molar-refractivity contribution is -0.199. The first-order chi connectivity index (χ1) is 7.79. The molecular formula is C12H20N2O3. The Morgan fingerprint density at radius 1 is 1.06 bits per heavy atom. The van der Waals surface area contributed by atoms with Gasteiger partial charge in [0.15, 0.2) is 12.6 Å². The molecule has 17 heavy (non-hydrogen) atoms. The third kappa shape index (κ3) is 0.948. The van der Waals surface area contributed by atoms with E-state index in [0.29, 0.717) is 0 Å². The van der Waals surface area contributed by atoms with Crippen LogP contribution >= 0.6 is 0 Å². The summed E-state index contributed by atoms with van der Waals surface area (Å²) < 4.78 is 10.9. The van der Waals surface area contributed by atoms with E-state index < -0.39 is 6.29 Å². The van der Waals surface area contributed by atoms with Gasteiger partial charge >= 0.3 is 0 Å². The van der Waals surface area contributed by atoms with Crippen LogP contribution in [-0.4, -0.2) is 35.9 Å². The molecule has 0 aromatic carbocycles. The van der Waals surface area contributed by atoms with Crippen molar-refractivity contribution < 1.29 is 14.6 Å². The fourth-order valence-corrected chi connectivity index (χ4v) is 4.03. The Morgan fingerprint density at radius 3 is 2.12 bits per heavy atom. The second-order valence-corrected chi connectivity index (χ2v) is 6.30. The van der Waals surface area contributed by atoms with Gasteiger partial charge in [0.2, 0.25) is 0 Å². The summed E-state index contributed by atoms with van der Waals surface area (Å²) in [6.45, 7) is 8.51. The Balaban J connectivity index is 2.16. The van der Waals surface area contributed by atoms with Gasteiger partial charge in [-0.25, -0.2) is 0 Å². The Labute approximate surface area is 101 Å². The molecule has 5 nitrogen and oxygen atoms in total. The number of methoxy groups -OCH3 is 1. The highest BCUT2D eigenvalue weighted by molar-refractivity contribution is 5.28. The summed E-state index contributed by atoms with van der Waals surface area (Å²) in [7, 11) is 1.61. The normalized spacial score (nSPS) is 58.7. The molecule has 0 aromatic heterocycles. The zero-order chi connectivity index (χ0) is 12.6. The summed E-state index contributed by atoms with van der Waals surface area (Å²) in [4.78, 5) is 0. The van der Waals surface area contributed by atoms with Gasteiger partial charge in [0.05, 0.1) is 11.1 Å². The molecule has 1 N–H and O–H groups in total. The molecule has 1 aliphatic carbocycles. The highest BCUT2D eigenvalue weighted by Crippen LogP contribution is 2.70. The van der Waals surface area contributed by atoms with Crippen LogP contribution in [0.25, 0.3) is 0 Å². The molecule has 0 unspecified atom stereocenters. The van der Waals surface area contributed by atoms with Gasteiger partial charge in [-0.2, -0.15) is 10.2 Å². The maximum atomic E-state index is 10.1. The first-order valence-electron chi connectivity index (χ1n) is 6.10. The van der Waals surface area contributed by atoms with Gasteiger partial charge in [-0.15, -0.1) is 0 Å². The van der Waals surface area contributed by atoms with Crippen molar-refractivity contribution in [2.24, 2.45) is 27.5 Å². The van der Waals surface area contributed by atoms with E-state index in [1.54, 1.807) is 7.11 Å². The van der Waals surface area contributed by atoms with Gasteiger partial charge in [0.1, 0.15) is 0 Å². The van der Waals surface area contributed by atoms with Crippen molar-refractivity contribution in [3.63, 3.8) is 0 Å². The van der Waals surface area contributed by atoms with Crippen LogP contribution in [0.4, 0.5) is 0 Å². The highest BCUT2D eigenvalue weighted by atomic mass is 16.7. The van der Waals surface area contributed by atoms with E-state index in [4.69, 9.17) is 9.47 Å². The lowest BCUT2D eigenvalue weighted by atomic mass is 9.68. The van der Waals surface area contributed by atoms with Crippen molar-refractivity contribution in [2.75, 3.05) is 7.11 Å². The van der Waals surface area contributed by atoms with Gasteiger partial charge in [-0.05, 0) is 13.8 Å². The van der Waals surface area contributed by atoms with Gasteiger partial charge in [0, 0.05) is 24.4 Å². The summed E-state index contributed by atoms with van der Waals surface area (Å²) in [5.41, 5.74) is -0.805. The van der Waals surface area contributed by atoms with E-state index in [1.165, 1.54) is 0 Å². The SMILES string of the molecule is CO[C@@H]1O[C@H](O)[C@@H]2[C@H]1[C@]1(C)N=N[C@@]2(C)C1(C)C. The summed E-state index contributed by atoms with van der Waals surface area (Å²) in [5.74, 6) is 0.0324. The minimum absolute atomic E-state index is 0.0371. The monoisotopic (exact) mass is 240 g/mol. The first-order valence-corrected chi connectivity index (χ1v) is 6.10. The third-order valence-corrected chi connectivity index (χ3v) is 5.79. The van der Waals surface area contributed by atoms with Crippen molar-refractivity contribution in [3.8, 4) is 0 Å². The van der Waals surface area contributed by atoms with Crippen LogP contribution in [0.3, 0.4) is 0 Å².